The summed E-state index contributed by atoms with van der Waals surface area (Å²) in [5.41, 5.74) is 0. The van der Waals surface area contributed by atoms with Gasteiger partial charge in [0.2, 0.25) is 0 Å². The van der Waals surface area contributed by atoms with Gasteiger partial charge in [-0.3, -0.25) is 33.0 Å². The summed E-state index contributed by atoms with van der Waals surface area (Å²) in [6.07, 6.45) is -5.40. The van der Waals surface area contributed by atoms with Crippen LogP contribution >= 0.6 is 38.0 Å². The Morgan fingerprint density at radius 1 is 0.455 bits per heavy atom. The van der Waals surface area contributed by atoms with Crippen LogP contribution in [0, 0.1) is 0 Å². The normalized spacial score (nSPS) is 15.7. The fourth-order valence-electron chi connectivity index (χ4n) is 2.49. The van der Waals surface area contributed by atoms with Crippen LogP contribution in [-0.4, -0.2) is 116 Å². The Kier molecular flexibility index (Phi) is 16.2. The third-order valence-corrected chi connectivity index (χ3v) is 7.21. The second kappa shape index (κ2) is 14.5. The molecule has 0 saturated carbocycles. The molecule has 0 spiro atoms. The Labute approximate surface area is 211 Å². The third kappa shape index (κ3) is 25.1. The van der Waals surface area contributed by atoms with Crippen LogP contribution in [0.5, 0.6) is 0 Å². The third-order valence-electron chi connectivity index (χ3n) is 3.38. The van der Waals surface area contributed by atoms with Crippen molar-refractivity contribution in [1.82, 2.24) is 14.7 Å². The van der Waals surface area contributed by atoms with E-state index in [0.29, 0.717) is 9.80 Å². The molecule has 0 saturated heterocycles. The molecule has 0 heterocycles. The van der Waals surface area contributed by atoms with Gasteiger partial charge >= 0.3 is 59.9 Å². The molecule has 0 bridgehead atoms. The second-order valence-electron chi connectivity index (χ2n) is 6.91. The largest absolute Gasteiger partial charge is 1.00 e. The minimum atomic E-state index is -5.01. The Morgan fingerprint density at radius 3 is 0.909 bits per heavy atom. The molecule has 0 radical (unpaired) electrons. The van der Waals surface area contributed by atoms with Crippen LogP contribution in [0.4, 0.5) is 0 Å². The van der Waals surface area contributed by atoms with Gasteiger partial charge < -0.3 is 53.5 Å². The zero-order valence-corrected chi connectivity index (χ0v) is 23.9. The molecule has 0 aromatic heterocycles. The van der Waals surface area contributed by atoms with E-state index >= 15 is 0 Å². The van der Waals surface area contributed by atoms with Crippen molar-refractivity contribution < 1.29 is 101 Å². The molecule has 33 heavy (non-hydrogen) atoms. The first-order chi connectivity index (χ1) is 13.9. The van der Waals surface area contributed by atoms with Crippen molar-refractivity contribution in [2.45, 2.75) is 0 Å². The summed E-state index contributed by atoms with van der Waals surface area (Å²) in [7, 11) is -24.1. The molecule has 9 N–H and O–H groups in total. The van der Waals surface area contributed by atoms with Gasteiger partial charge in [0.25, 0.3) is 0 Å². The number of hydrogen-bond acceptors (Lipinski definition) is 9. The summed E-state index contributed by atoms with van der Waals surface area (Å²) >= 11 is 0. The van der Waals surface area contributed by atoms with Gasteiger partial charge in [-0.1, -0.05) is 0 Å². The summed E-state index contributed by atoms with van der Waals surface area (Å²) < 4.78 is 56.0. The van der Waals surface area contributed by atoms with Crippen LogP contribution < -0.4 is 34.5 Å². The molecular weight excluding hydrogens is 568 g/mol. The van der Waals surface area contributed by atoms with Crippen LogP contribution in [0.1, 0.15) is 0 Å². The molecule has 0 aromatic carbocycles. The Hall–Kier alpha value is 1.63. The van der Waals surface area contributed by atoms with Crippen molar-refractivity contribution >= 4 is 38.0 Å². The van der Waals surface area contributed by atoms with Crippen LogP contribution in [0.15, 0.2) is 0 Å². The summed E-state index contributed by atoms with van der Waals surface area (Å²) in [6, 6.07) is 0. The van der Waals surface area contributed by atoms with E-state index in [0.717, 1.165) is 4.90 Å². The summed E-state index contributed by atoms with van der Waals surface area (Å²) in [6.45, 7) is -1.88. The molecule has 0 aliphatic carbocycles. The summed E-state index contributed by atoms with van der Waals surface area (Å²) in [5.74, 6) is 0. The number of rotatable bonds is 16. The molecule has 0 aliphatic heterocycles. The van der Waals surface area contributed by atoms with E-state index in [1.54, 1.807) is 0 Å². The monoisotopic (exact) mass is 595 g/mol. The van der Waals surface area contributed by atoms with Crippen molar-refractivity contribution in [1.29, 1.82) is 0 Å². The van der Waals surface area contributed by atoms with Gasteiger partial charge in [-0.15, -0.1) is 0 Å². The van der Waals surface area contributed by atoms with Crippen molar-refractivity contribution in [3.63, 3.8) is 0 Å². The molecule has 24 heteroatoms. The van der Waals surface area contributed by atoms with Crippen molar-refractivity contribution in [3.05, 3.63) is 0 Å². The summed E-state index contributed by atoms with van der Waals surface area (Å²) in [5, 5.41) is 0. The maximum Gasteiger partial charge on any atom is 1.00 e. The van der Waals surface area contributed by atoms with Gasteiger partial charge in [0.1, 0.15) is 32.7 Å². The average Bonchev–Trinajstić information content (AvgIpc) is 2.41. The molecular formula is C9H27N3NaO15P5. The molecule has 0 aliphatic rings. The van der Waals surface area contributed by atoms with Crippen LogP contribution in [0.3, 0.4) is 0 Å². The molecule has 0 amide bonds. The minimum absolute atomic E-state index is 0. The van der Waals surface area contributed by atoms with E-state index in [4.69, 9.17) is 34.3 Å². The Bertz CT molecular complexity index is 727. The molecule has 0 fully saturated rings. The van der Waals surface area contributed by atoms with Gasteiger partial charge in [-0.2, -0.15) is 0 Å². The fourth-order valence-corrected chi connectivity index (χ4v) is 6.64. The quantitative estimate of drug-likeness (QED) is 0.0592. The van der Waals surface area contributed by atoms with Crippen molar-refractivity contribution in [3.8, 4) is 0 Å². The predicted molar refractivity (Wildman–Crippen MR) is 107 cm³/mol. The van der Waals surface area contributed by atoms with Gasteiger partial charge in [-0.25, -0.2) is 0 Å². The number of hydrogen-bond donors (Lipinski definition) is 9. The Morgan fingerprint density at radius 2 is 0.667 bits per heavy atom. The number of nitrogens with zero attached hydrogens (tertiary/aromatic N) is 3. The van der Waals surface area contributed by atoms with E-state index in [1.807, 2.05) is 0 Å². The SMILES string of the molecule is O=P([O-])(O)CN(CCN(CCN(CP(=O)(O)O)CP(=O)(O)O)CP(=O)(O)O)CP(=O)(O)O.[Na+]. The molecule has 0 aromatic rings. The molecule has 194 valence electrons. The zero-order valence-electron chi connectivity index (χ0n) is 17.4. The van der Waals surface area contributed by atoms with Gasteiger partial charge in [-0.05, 0) is 0 Å². The van der Waals surface area contributed by atoms with Gasteiger partial charge in [0, 0.05) is 26.2 Å². The van der Waals surface area contributed by atoms with E-state index in [-0.39, 0.29) is 29.6 Å². The van der Waals surface area contributed by atoms with E-state index in [9.17, 15) is 37.5 Å². The first-order valence-corrected chi connectivity index (χ1v) is 17.3. The van der Waals surface area contributed by atoms with Crippen LogP contribution in [0.2, 0.25) is 0 Å². The van der Waals surface area contributed by atoms with E-state index in [1.165, 1.54) is 0 Å². The molecule has 0 rings (SSSR count). The van der Waals surface area contributed by atoms with E-state index in [2.05, 4.69) is 0 Å². The molecule has 1 unspecified atom stereocenters. The van der Waals surface area contributed by atoms with Gasteiger partial charge in [0.15, 0.2) is 0 Å². The summed E-state index contributed by atoms with van der Waals surface area (Å²) in [4.78, 5) is 94.9. The standard InChI is InChI=1S/C9H28N3O15P5.Na/c13-28(14,15)5-10(1-3-11(6-29(16,17)18)7-30(19,20)21)2-4-12(8-31(22,23)24)9-32(25,26)27;/h1-9H2,(H2,13,14,15)(H2,16,17,18)(H2,19,20,21)(H2,22,23,24)(H2,25,26,27);/q;+1/p-1. The average molecular weight is 595 g/mol. The first-order valence-electron chi connectivity index (χ1n) is 8.32. The minimum Gasteiger partial charge on any atom is -0.778 e. The maximum absolute atomic E-state index is 11.4. The Balaban J connectivity index is 0. The smallest absolute Gasteiger partial charge is 0.778 e. The van der Waals surface area contributed by atoms with Crippen molar-refractivity contribution in [2.24, 2.45) is 0 Å². The van der Waals surface area contributed by atoms with Crippen molar-refractivity contribution in [2.75, 3.05) is 57.6 Å². The van der Waals surface area contributed by atoms with Crippen LogP contribution in [0.25, 0.3) is 0 Å². The molecule has 1 atom stereocenters. The maximum atomic E-state index is 11.4. The van der Waals surface area contributed by atoms with Crippen LogP contribution in [-0.2, 0) is 22.8 Å². The van der Waals surface area contributed by atoms with Gasteiger partial charge in [0.05, 0.1) is 6.29 Å². The zero-order chi connectivity index (χ0) is 25.6. The predicted octanol–water partition coefficient (Wildman–Crippen LogP) is -6.06. The second-order valence-corrected chi connectivity index (χ2v) is 14.9. The molecule has 18 nitrogen and oxygen atoms in total. The topological polar surface area (TPSA) is 300 Å². The first kappa shape index (κ1) is 36.8. The fraction of sp³-hybridized carbons (Fsp3) is 1.00. The van der Waals surface area contributed by atoms with E-state index < -0.39 is 95.6 Å².